The number of phenolic OH excluding ortho intramolecular Hbond substituents is 1. The Morgan fingerprint density at radius 3 is 2.62 bits per heavy atom. The summed E-state index contributed by atoms with van der Waals surface area (Å²) in [5, 5.41) is 10.0. The Morgan fingerprint density at radius 1 is 1.29 bits per heavy atom. The van der Waals surface area contributed by atoms with E-state index in [0.717, 1.165) is 13.0 Å². The molecule has 0 spiro atoms. The molecule has 0 radical (unpaired) electrons. The third kappa shape index (κ3) is 3.29. The second-order valence-electron chi connectivity index (χ2n) is 4.87. The van der Waals surface area contributed by atoms with Gasteiger partial charge in [0, 0.05) is 17.7 Å². The molecule has 0 bridgehead atoms. The average Bonchev–Trinajstić information content (AvgIpc) is 2.37. The van der Waals surface area contributed by atoms with Crippen molar-refractivity contribution in [2.24, 2.45) is 0 Å². The van der Waals surface area contributed by atoms with Crippen LogP contribution >= 0.6 is 0 Å². The molecule has 1 aromatic carbocycles. The van der Waals surface area contributed by atoms with Crippen molar-refractivity contribution >= 4 is 0 Å². The van der Waals surface area contributed by atoms with Gasteiger partial charge in [-0.1, -0.05) is 13.8 Å². The molecule has 2 rings (SSSR count). The molecule has 2 aromatic rings. The van der Waals surface area contributed by atoms with E-state index < -0.39 is 18.3 Å². The maximum atomic E-state index is 14.3. The number of pyridine rings is 1. The van der Waals surface area contributed by atoms with Gasteiger partial charge in [-0.3, -0.25) is 0 Å². The topological polar surface area (TPSA) is 42.4 Å². The minimum atomic E-state index is -2.06. The molecular weight excluding hydrogens is 276 g/mol. The molecule has 0 aliphatic rings. The molecule has 0 amide bonds. The lowest BCUT2D eigenvalue weighted by Gasteiger charge is -2.12. The van der Waals surface area contributed by atoms with Crippen LogP contribution in [0.25, 0.3) is 11.1 Å². The van der Waals surface area contributed by atoms with Crippen LogP contribution in [0.1, 0.15) is 35.0 Å². The fourth-order valence-electron chi connectivity index (χ4n) is 2.05. The van der Waals surface area contributed by atoms with E-state index in [1.165, 1.54) is 18.2 Å². The summed E-state index contributed by atoms with van der Waals surface area (Å²) >= 11 is 0. The Morgan fingerprint density at radius 2 is 2.00 bits per heavy atom. The lowest BCUT2D eigenvalue weighted by atomic mass is 9.97. The molecule has 0 saturated carbocycles. The number of benzene rings is 1. The first-order valence-corrected chi connectivity index (χ1v) is 6.46. The molecular formula is C16H17F2NO2. The Bertz CT molecular complexity index is 731. The summed E-state index contributed by atoms with van der Waals surface area (Å²) in [6.45, 7) is 2.72. The van der Waals surface area contributed by atoms with Gasteiger partial charge >= 0.3 is 0 Å². The van der Waals surface area contributed by atoms with Crippen LogP contribution in [0.3, 0.4) is 0 Å². The number of hydrogen-bond acceptors (Lipinski definition) is 3. The first-order valence-electron chi connectivity index (χ1n) is 7.46. The predicted molar refractivity (Wildman–Crippen MR) is 76.5 cm³/mol. The monoisotopic (exact) mass is 295 g/mol. The maximum absolute atomic E-state index is 14.3. The van der Waals surface area contributed by atoms with Crippen LogP contribution in [-0.2, 0) is 0 Å². The lowest BCUT2D eigenvalue weighted by Crippen LogP contribution is -1.98. The zero-order valence-electron chi connectivity index (χ0n) is 13.9. The third-order valence-corrected chi connectivity index (χ3v) is 3.03. The van der Waals surface area contributed by atoms with E-state index in [0.29, 0.717) is 5.56 Å². The van der Waals surface area contributed by atoms with E-state index >= 15 is 0 Å². The second kappa shape index (κ2) is 6.08. The highest BCUT2D eigenvalue weighted by atomic mass is 19.1. The molecule has 0 saturated heterocycles. The van der Waals surface area contributed by atoms with Crippen molar-refractivity contribution in [2.75, 3.05) is 6.56 Å². The molecule has 3 nitrogen and oxygen atoms in total. The number of aromatic nitrogens is 1. The van der Waals surface area contributed by atoms with Gasteiger partial charge in [0.05, 0.1) is 9.30 Å². The van der Waals surface area contributed by atoms with Crippen molar-refractivity contribution in [3.8, 4) is 22.8 Å². The van der Waals surface area contributed by atoms with Crippen LogP contribution in [-0.4, -0.2) is 16.6 Å². The summed E-state index contributed by atoms with van der Waals surface area (Å²) in [7, 11) is 0. The number of phenols is 1. The van der Waals surface area contributed by atoms with E-state index in [9.17, 15) is 13.9 Å². The van der Waals surface area contributed by atoms with Gasteiger partial charge in [-0.05, 0) is 36.1 Å². The van der Waals surface area contributed by atoms with Gasteiger partial charge in [0.1, 0.15) is 11.6 Å². The van der Waals surface area contributed by atoms with Crippen molar-refractivity contribution in [3.05, 3.63) is 41.6 Å². The van der Waals surface area contributed by atoms with Gasteiger partial charge in [0.2, 0.25) is 11.8 Å². The normalized spacial score (nSPS) is 13.0. The standard InChI is InChI=1S/C16H17F2NO2/c1-4-21-16-6-10(5-15(18)19-16)12-8-14(20)11(9(2)3)7-13(12)17/h5-9,20H,4H2,1-3H3/i4D2. The number of halogens is 2. The number of nitrogens with zero attached hydrogens (tertiary/aromatic N) is 1. The SMILES string of the molecule is [2H]C([2H])(C)Oc1cc(-c2cc(O)c(C(C)C)cc2F)cc(F)n1. The van der Waals surface area contributed by atoms with Crippen LogP contribution < -0.4 is 4.74 Å². The maximum Gasteiger partial charge on any atom is 0.216 e. The fraction of sp³-hybridized carbons (Fsp3) is 0.312. The number of aromatic hydroxyl groups is 1. The highest BCUT2D eigenvalue weighted by molar-refractivity contribution is 5.67. The highest BCUT2D eigenvalue weighted by Gasteiger charge is 2.15. The van der Waals surface area contributed by atoms with Crippen molar-refractivity contribution in [2.45, 2.75) is 26.7 Å². The van der Waals surface area contributed by atoms with Crippen molar-refractivity contribution in [1.29, 1.82) is 0 Å². The number of rotatable bonds is 4. The second-order valence-corrected chi connectivity index (χ2v) is 4.87. The molecule has 0 aliphatic heterocycles. The van der Waals surface area contributed by atoms with E-state index in [1.54, 1.807) is 0 Å². The summed E-state index contributed by atoms with van der Waals surface area (Å²) in [6, 6.07) is 4.62. The quantitative estimate of drug-likeness (QED) is 0.857. The number of hydrogen-bond donors (Lipinski definition) is 1. The zero-order chi connectivity index (χ0) is 17.4. The zero-order valence-corrected chi connectivity index (χ0v) is 11.9. The van der Waals surface area contributed by atoms with Gasteiger partial charge in [-0.15, -0.1) is 0 Å². The van der Waals surface area contributed by atoms with E-state index in [1.807, 2.05) is 13.8 Å². The molecule has 112 valence electrons. The van der Waals surface area contributed by atoms with Crippen LogP contribution in [0.2, 0.25) is 0 Å². The smallest absolute Gasteiger partial charge is 0.216 e. The molecule has 5 heteroatoms. The molecule has 1 N–H and O–H groups in total. The first-order chi connectivity index (χ1) is 10.6. The first kappa shape index (κ1) is 12.6. The van der Waals surface area contributed by atoms with Crippen LogP contribution in [0, 0.1) is 11.8 Å². The van der Waals surface area contributed by atoms with Crippen molar-refractivity contribution < 1.29 is 21.4 Å². The van der Waals surface area contributed by atoms with E-state index in [2.05, 4.69) is 4.98 Å². The van der Waals surface area contributed by atoms with Crippen LogP contribution in [0.4, 0.5) is 8.78 Å². The highest BCUT2D eigenvalue weighted by Crippen LogP contribution is 2.34. The largest absolute Gasteiger partial charge is 0.508 e. The summed E-state index contributed by atoms with van der Waals surface area (Å²) in [4.78, 5) is 3.43. The van der Waals surface area contributed by atoms with Gasteiger partial charge in [0.25, 0.3) is 0 Å². The predicted octanol–water partition coefficient (Wildman–Crippen LogP) is 4.25. The molecule has 0 unspecified atom stereocenters. The Balaban J connectivity index is 2.52. The van der Waals surface area contributed by atoms with Gasteiger partial charge < -0.3 is 9.84 Å². The molecule has 1 aromatic heterocycles. The summed E-state index contributed by atoms with van der Waals surface area (Å²) in [5.74, 6) is -2.03. The Labute approximate surface area is 125 Å². The Hall–Kier alpha value is -2.17. The number of ether oxygens (including phenoxy) is 1. The van der Waals surface area contributed by atoms with Crippen molar-refractivity contribution in [1.82, 2.24) is 4.98 Å². The summed E-state index contributed by atoms with van der Waals surface area (Å²) < 4.78 is 47.5. The van der Waals surface area contributed by atoms with Crippen LogP contribution in [0.15, 0.2) is 24.3 Å². The summed E-state index contributed by atoms with van der Waals surface area (Å²) in [6.07, 6.45) is 0. The van der Waals surface area contributed by atoms with Gasteiger partial charge in [-0.2, -0.15) is 9.37 Å². The fourth-order valence-corrected chi connectivity index (χ4v) is 2.05. The molecule has 21 heavy (non-hydrogen) atoms. The summed E-state index contributed by atoms with van der Waals surface area (Å²) in [5.41, 5.74) is 0.525. The molecule has 0 atom stereocenters. The minimum absolute atomic E-state index is 0.0188. The van der Waals surface area contributed by atoms with Gasteiger partial charge in [0.15, 0.2) is 0 Å². The van der Waals surface area contributed by atoms with Crippen LogP contribution in [0.5, 0.6) is 11.6 Å². The lowest BCUT2D eigenvalue weighted by molar-refractivity contribution is 0.321. The van der Waals surface area contributed by atoms with E-state index in [-0.39, 0.29) is 28.7 Å². The van der Waals surface area contributed by atoms with E-state index in [4.69, 9.17) is 7.48 Å². The van der Waals surface area contributed by atoms with Crippen molar-refractivity contribution in [3.63, 3.8) is 0 Å². The minimum Gasteiger partial charge on any atom is -0.508 e. The Kier molecular flexibility index (Phi) is 3.63. The van der Waals surface area contributed by atoms with Gasteiger partial charge in [-0.25, -0.2) is 4.39 Å². The molecule has 0 aliphatic carbocycles. The molecule has 1 heterocycles. The average molecular weight is 295 g/mol. The third-order valence-electron chi connectivity index (χ3n) is 3.03. The molecule has 0 fully saturated rings.